The molecule has 0 saturated heterocycles. The van der Waals surface area contributed by atoms with E-state index in [9.17, 15) is 13.0 Å². The molecule has 0 aliphatic carbocycles. The summed E-state index contributed by atoms with van der Waals surface area (Å²) in [5, 5.41) is 3.06. The molecule has 0 spiro atoms. The van der Waals surface area contributed by atoms with Gasteiger partial charge in [-0.2, -0.15) is 0 Å². The molecule has 1 rings (SSSR count). The molecule has 0 aliphatic rings. The van der Waals surface area contributed by atoms with Gasteiger partial charge < -0.3 is 5.32 Å². The molecule has 0 aliphatic heterocycles. The van der Waals surface area contributed by atoms with E-state index in [0.29, 0.717) is 17.9 Å². The monoisotopic (exact) mass is 247 g/mol. The second-order valence-corrected chi connectivity index (χ2v) is 5.21. The van der Waals surface area contributed by atoms with Gasteiger partial charge in [-0.15, -0.1) is 0 Å². The van der Waals surface area contributed by atoms with Crippen molar-refractivity contribution in [2.45, 2.75) is 13.0 Å². The number of benzene rings is 1. The predicted octanol–water partition coefficient (Wildman–Crippen LogP) is 1.99. The highest BCUT2D eigenvalue weighted by Crippen LogP contribution is 2.15. The molecule has 0 bridgehead atoms. The first-order valence-electron chi connectivity index (χ1n) is 4.98. The van der Waals surface area contributed by atoms with Crippen LogP contribution in [0, 0.1) is 11.6 Å². The number of halogens is 2. The summed E-state index contributed by atoms with van der Waals surface area (Å²) in [7, 11) is -0.858. The second-order valence-electron chi connectivity index (χ2n) is 3.66. The Morgan fingerprint density at radius 3 is 2.38 bits per heavy atom. The summed E-state index contributed by atoms with van der Waals surface area (Å²) in [5.74, 6) is -0.632. The van der Waals surface area contributed by atoms with Gasteiger partial charge in [-0.1, -0.05) is 0 Å². The van der Waals surface area contributed by atoms with Crippen LogP contribution in [0.15, 0.2) is 18.2 Å². The third-order valence-electron chi connectivity index (χ3n) is 2.22. The lowest BCUT2D eigenvalue weighted by Gasteiger charge is -2.13. The van der Waals surface area contributed by atoms with Crippen LogP contribution in [0.1, 0.15) is 18.5 Å². The maximum absolute atomic E-state index is 12.9. The molecule has 0 amide bonds. The van der Waals surface area contributed by atoms with Crippen molar-refractivity contribution in [2.24, 2.45) is 0 Å². The molecular formula is C11H15F2NOS. The van der Waals surface area contributed by atoms with Gasteiger partial charge in [-0.3, -0.25) is 4.21 Å². The Kier molecular flexibility index (Phi) is 5.02. The average Bonchev–Trinajstić information content (AvgIpc) is 2.15. The van der Waals surface area contributed by atoms with Gasteiger partial charge in [0.1, 0.15) is 11.6 Å². The fraction of sp³-hybridized carbons (Fsp3) is 0.455. The molecule has 90 valence electrons. The summed E-state index contributed by atoms with van der Waals surface area (Å²) in [4.78, 5) is 0. The van der Waals surface area contributed by atoms with E-state index in [1.807, 2.05) is 6.92 Å². The first-order valence-corrected chi connectivity index (χ1v) is 6.71. The Morgan fingerprint density at radius 1 is 1.31 bits per heavy atom. The number of nitrogens with one attached hydrogen (secondary N) is 1. The summed E-state index contributed by atoms with van der Waals surface area (Å²) in [6, 6.07) is 3.28. The zero-order chi connectivity index (χ0) is 12.1. The fourth-order valence-corrected chi connectivity index (χ4v) is 1.77. The Bertz CT molecular complexity index is 364. The SMILES string of the molecule is CC(NCCS(C)=O)c1cc(F)cc(F)c1. The van der Waals surface area contributed by atoms with Crippen LogP contribution >= 0.6 is 0 Å². The van der Waals surface area contributed by atoms with Gasteiger partial charge in [0.25, 0.3) is 0 Å². The van der Waals surface area contributed by atoms with Crippen molar-refractivity contribution < 1.29 is 13.0 Å². The molecule has 2 atom stereocenters. The highest BCUT2D eigenvalue weighted by Gasteiger charge is 2.08. The molecule has 2 nitrogen and oxygen atoms in total. The molecule has 0 aromatic heterocycles. The van der Waals surface area contributed by atoms with Crippen LogP contribution in [0.4, 0.5) is 8.78 Å². The van der Waals surface area contributed by atoms with E-state index in [1.165, 1.54) is 12.1 Å². The van der Waals surface area contributed by atoms with E-state index in [-0.39, 0.29) is 6.04 Å². The molecule has 5 heteroatoms. The first-order chi connectivity index (χ1) is 7.49. The van der Waals surface area contributed by atoms with Crippen molar-refractivity contribution in [1.29, 1.82) is 0 Å². The van der Waals surface area contributed by atoms with Crippen LogP contribution in [0.2, 0.25) is 0 Å². The molecule has 0 heterocycles. The average molecular weight is 247 g/mol. The number of hydrogen-bond donors (Lipinski definition) is 1. The molecule has 2 unspecified atom stereocenters. The minimum Gasteiger partial charge on any atom is -0.309 e. The van der Waals surface area contributed by atoms with E-state index >= 15 is 0 Å². The summed E-state index contributed by atoms with van der Waals surface area (Å²) < 4.78 is 36.7. The number of hydrogen-bond acceptors (Lipinski definition) is 2. The van der Waals surface area contributed by atoms with Crippen molar-refractivity contribution in [3.05, 3.63) is 35.4 Å². The predicted molar refractivity (Wildman–Crippen MR) is 61.7 cm³/mol. The van der Waals surface area contributed by atoms with Crippen molar-refractivity contribution >= 4 is 10.8 Å². The van der Waals surface area contributed by atoms with E-state index in [4.69, 9.17) is 0 Å². The van der Waals surface area contributed by atoms with E-state index in [2.05, 4.69) is 5.32 Å². The fourth-order valence-electron chi connectivity index (χ4n) is 1.36. The van der Waals surface area contributed by atoms with E-state index in [1.54, 1.807) is 6.26 Å². The van der Waals surface area contributed by atoms with Crippen LogP contribution < -0.4 is 5.32 Å². The lowest BCUT2D eigenvalue weighted by atomic mass is 10.1. The first kappa shape index (κ1) is 13.3. The van der Waals surface area contributed by atoms with Gasteiger partial charge in [-0.25, -0.2) is 8.78 Å². The highest BCUT2D eigenvalue weighted by atomic mass is 32.2. The minimum absolute atomic E-state index is 0.159. The zero-order valence-electron chi connectivity index (χ0n) is 9.30. The highest BCUT2D eigenvalue weighted by molar-refractivity contribution is 7.84. The van der Waals surface area contributed by atoms with Crippen LogP contribution in [-0.2, 0) is 10.8 Å². The summed E-state index contributed by atoms with van der Waals surface area (Å²) in [6.45, 7) is 2.37. The molecular weight excluding hydrogens is 232 g/mol. The molecule has 0 fully saturated rings. The summed E-state index contributed by atoms with van der Waals surface area (Å²) >= 11 is 0. The van der Waals surface area contributed by atoms with Gasteiger partial charge >= 0.3 is 0 Å². The van der Waals surface area contributed by atoms with Crippen LogP contribution in [-0.4, -0.2) is 22.8 Å². The molecule has 1 aromatic carbocycles. The van der Waals surface area contributed by atoms with Crippen LogP contribution in [0.25, 0.3) is 0 Å². The van der Waals surface area contributed by atoms with E-state index in [0.717, 1.165) is 6.07 Å². The van der Waals surface area contributed by atoms with Crippen LogP contribution in [0.3, 0.4) is 0 Å². The van der Waals surface area contributed by atoms with Crippen molar-refractivity contribution in [1.82, 2.24) is 5.32 Å². The quantitative estimate of drug-likeness (QED) is 0.862. The van der Waals surface area contributed by atoms with Crippen LogP contribution in [0.5, 0.6) is 0 Å². The Balaban J connectivity index is 2.58. The maximum Gasteiger partial charge on any atom is 0.126 e. The van der Waals surface area contributed by atoms with Gasteiger partial charge in [-0.05, 0) is 24.6 Å². The molecule has 1 aromatic rings. The molecule has 16 heavy (non-hydrogen) atoms. The smallest absolute Gasteiger partial charge is 0.126 e. The van der Waals surface area contributed by atoms with Gasteiger partial charge in [0.05, 0.1) is 0 Å². The third-order valence-corrected chi connectivity index (χ3v) is 3.00. The topological polar surface area (TPSA) is 29.1 Å². The standard InChI is InChI=1S/C11H15F2NOS/c1-8(14-3-4-16(2)15)9-5-10(12)7-11(13)6-9/h5-8,14H,3-4H2,1-2H3. The lowest BCUT2D eigenvalue weighted by molar-refractivity contribution is 0.555. The Labute approximate surface area is 96.5 Å². The second kappa shape index (κ2) is 6.06. The Hall–Kier alpha value is -0.810. The maximum atomic E-state index is 12.9. The third kappa shape index (κ3) is 4.37. The molecule has 0 saturated carbocycles. The van der Waals surface area contributed by atoms with Gasteiger partial charge in [0.2, 0.25) is 0 Å². The molecule has 0 radical (unpaired) electrons. The largest absolute Gasteiger partial charge is 0.309 e. The normalized spacial score (nSPS) is 14.8. The zero-order valence-corrected chi connectivity index (χ0v) is 10.1. The van der Waals surface area contributed by atoms with Crippen molar-refractivity contribution in [3.63, 3.8) is 0 Å². The summed E-state index contributed by atoms with van der Waals surface area (Å²) in [6.07, 6.45) is 1.62. The van der Waals surface area contributed by atoms with Crippen molar-refractivity contribution in [3.8, 4) is 0 Å². The lowest BCUT2D eigenvalue weighted by Crippen LogP contribution is -2.23. The summed E-state index contributed by atoms with van der Waals surface area (Å²) in [5.41, 5.74) is 0.555. The van der Waals surface area contributed by atoms with Crippen molar-refractivity contribution in [2.75, 3.05) is 18.6 Å². The van der Waals surface area contributed by atoms with Gasteiger partial charge in [0, 0.05) is 41.5 Å². The minimum atomic E-state index is -0.858. The number of rotatable bonds is 5. The Morgan fingerprint density at radius 2 is 1.88 bits per heavy atom. The van der Waals surface area contributed by atoms with Gasteiger partial charge in [0.15, 0.2) is 0 Å². The molecule has 1 N–H and O–H groups in total. The van der Waals surface area contributed by atoms with E-state index < -0.39 is 22.4 Å².